The summed E-state index contributed by atoms with van der Waals surface area (Å²) in [5.74, 6) is 0.403. The molecule has 1 aromatic heterocycles. The zero-order valence-electron chi connectivity index (χ0n) is 12.8. The largest absolute Gasteiger partial charge is 0.508 e. The number of carbonyl (C=O) groups is 1. The Morgan fingerprint density at radius 2 is 2.13 bits per heavy atom. The molecule has 23 heavy (non-hydrogen) atoms. The van der Waals surface area contributed by atoms with Crippen molar-refractivity contribution < 1.29 is 14.6 Å². The summed E-state index contributed by atoms with van der Waals surface area (Å²) in [6, 6.07) is 6.39. The monoisotopic (exact) mass is 314 g/mol. The van der Waals surface area contributed by atoms with Gasteiger partial charge in [0, 0.05) is 31.0 Å². The number of ether oxygens (including phenoxy) is 1. The molecule has 2 N–H and O–H groups in total. The van der Waals surface area contributed by atoms with Crippen LogP contribution in [0.25, 0.3) is 0 Å². The summed E-state index contributed by atoms with van der Waals surface area (Å²) in [7, 11) is 0. The molecule has 1 aliphatic heterocycles. The van der Waals surface area contributed by atoms with Crippen molar-refractivity contribution in [1.82, 2.24) is 9.97 Å². The molecule has 1 fully saturated rings. The molecule has 0 aliphatic carbocycles. The van der Waals surface area contributed by atoms with Crippen molar-refractivity contribution in [3.8, 4) is 5.75 Å². The average molecular weight is 314 g/mol. The van der Waals surface area contributed by atoms with Crippen LogP contribution in [0, 0.1) is 6.92 Å². The predicted octanol–water partition coefficient (Wildman–Crippen LogP) is 1.58. The van der Waals surface area contributed by atoms with Crippen LogP contribution >= 0.6 is 0 Å². The van der Waals surface area contributed by atoms with Gasteiger partial charge < -0.3 is 20.1 Å². The Balaban J connectivity index is 1.75. The Bertz CT molecular complexity index is 714. The number of hydrogen-bond acceptors (Lipinski definition) is 6. The quantitative estimate of drug-likeness (QED) is 0.894. The fraction of sp³-hybridized carbons (Fsp3) is 0.312. The molecule has 0 saturated carbocycles. The summed E-state index contributed by atoms with van der Waals surface area (Å²) in [5, 5.41) is 12.2. The number of aryl methyl sites for hydroxylation is 1. The second kappa shape index (κ2) is 6.62. The third-order valence-corrected chi connectivity index (χ3v) is 3.61. The molecule has 2 heterocycles. The van der Waals surface area contributed by atoms with Crippen molar-refractivity contribution in [2.75, 3.05) is 36.5 Å². The molecule has 0 atom stereocenters. The summed E-state index contributed by atoms with van der Waals surface area (Å²) < 4.78 is 5.31. The number of amides is 1. The molecule has 0 unspecified atom stereocenters. The fourth-order valence-electron chi connectivity index (χ4n) is 2.38. The Morgan fingerprint density at radius 1 is 1.35 bits per heavy atom. The van der Waals surface area contributed by atoms with Crippen LogP contribution in [0.4, 0.5) is 11.6 Å². The average Bonchev–Trinajstić information content (AvgIpc) is 2.55. The number of rotatable bonds is 3. The standard InChI is InChI=1S/C16H18N4O3/c1-11-14(15(22)19-12-3-2-4-13(21)9-12)10-17-16(18-11)20-5-7-23-8-6-20/h2-4,9-10,21H,5-8H2,1H3,(H,19,22). The van der Waals surface area contributed by atoms with Gasteiger partial charge in [0.15, 0.2) is 0 Å². The van der Waals surface area contributed by atoms with Crippen molar-refractivity contribution in [2.45, 2.75) is 6.92 Å². The Kier molecular flexibility index (Phi) is 4.38. The van der Waals surface area contributed by atoms with Gasteiger partial charge >= 0.3 is 0 Å². The predicted molar refractivity (Wildman–Crippen MR) is 85.9 cm³/mol. The second-order valence-corrected chi connectivity index (χ2v) is 5.27. The summed E-state index contributed by atoms with van der Waals surface area (Å²) in [4.78, 5) is 23.1. The molecule has 1 aromatic carbocycles. The summed E-state index contributed by atoms with van der Waals surface area (Å²) in [6.07, 6.45) is 1.53. The van der Waals surface area contributed by atoms with Gasteiger partial charge in [0.25, 0.3) is 5.91 Å². The van der Waals surface area contributed by atoms with E-state index in [4.69, 9.17) is 4.74 Å². The van der Waals surface area contributed by atoms with E-state index < -0.39 is 0 Å². The third kappa shape index (κ3) is 3.57. The lowest BCUT2D eigenvalue weighted by Crippen LogP contribution is -2.37. The number of phenolic OH excluding ortho intramolecular Hbond substituents is 1. The van der Waals surface area contributed by atoms with Crippen LogP contribution in [-0.2, 0) is 4.74 Å². The van der Waals surface area contributed by atoms with Crippen LogP contribution in [0.2, 0.25) is 0 Å². The molecule has 2 aromatic rings. The number of hydrogen-bond donors (Lipinski definition) is 2. The minimum atomic E-state index is -0.304. The maximum Gasteiger partial charge on any atom is 0.259 e. The molecule has 1 aliphatic rings. The first-order valence-corrected chi connectivity index (χ1v) is 7.40. The molecule has 7 heteroatoms. The highest BCUT2D eigenvalue weighted by Crippen LogP contribution is 2.18. The number of aromatic hydroxyl groups is 1. The van der Waals surface area contributed by atoms with E-state index in [0.29, 0.717) is 36.1 Å². The Labute approximate surface area is 133 Å². The van der Waals surface area contributed by atoms with Gasteiger partial charge in [-0.05, 0) is 19.1 Å². The first-order valence-electron chi connectivity index (χ1n) is 7.40. The minimum Gasteiger partial charge on any atom is -0.508 e. The second-order valence-electron chi connectivity index (χ2n) is 5.27. The molecule has 0 spiro atoms. The number of nitrogens with one attached hydrogen (secondary N) is 1. The molecule has 0 radical (unpaired) electrons. The fourth-order valence-corrected chi connectivity index (χ4v) is 2.38. The van der Waals surface area contributed by atoms with Crippen LogP contribution < -0.4 is 10.2 Å². The first kappa shape index (κ1) is 15.2. The van der Waals surface area contributed by atoms with Gasteiger partial charge in [-0.1, -0.05) is 6.07 Å². The molecular formula is C16H18N4O3. The number of carbonyl (C=O) groups excluding carboxylic acids is 1. The van der Waals surface area contributed by atoms with E-state index in [9.17, 15) is 9.90 Å². The maximum absolute atomic E-state index is 12.3. The number of morpholine rings is 1. The van der Waals surface area contributed by atoms with Crippen molar-refractivity contribution >= 4 is 17.5 Å². The molecule has 7 nitrogen and oxygen atoms in total. The molecule has 120 valence electrons. The summed E-state index contributed by atoms with van der Waals surface area (Å²) in [5.41, 5.74) is 1.54. The first-order chi connectivity index (χ1) is 11.1. The smallest absolute Gasteiger partial charge is 0.259 e. The zero-order valence-corrected chi connectivity index (χ0v) is 12.8. The SMILES string of the molecule is Cc1nc(N2CCOCC2)ncc1C(=O)Nc1cccc(O)c1. The summed E-state index contributed by atoms with van der Waals surface area (Å²) in [6.45, 7) is 4.58. The van der Waals surface area contributed by atoms with Gasteiger partial charge in [-0.3, -0.25) is 4.79 Å². The number of nitrogens with zero attached hydrogens (tertiary/aromatic N) is 3. The van der Waals surface area contributed by atoms with Crippen LogP contribution in [0.1, 0.15) is 16.1 Å². The van der Waals surface area contributed by atoms with E-state index in [1.54, 1.807) is 25.1 Å². The highest BCUT2D eigenvalue weighted by molar-refractivity contribution is 6.04. The van der Waals surface area contributed by atoms with Crippen LogP contribution in [0.5, 0.6) is 5.75 Å². The lowest BCUT2D eigenvalue weighted by atomic mass is 10.2. The Morgan fingerprint density at radius 3 is 2.83 bits per heavy atom. The summed E-state index contributed by atoms with van der Waals surface area (Å²) >= 11 is 0. The molecule has 0 bridgehead atoms. The van der Waals surface area contributed by atoms with Gasteiger partial charge in [0.2, 0.25) is 5.95 Å². The van der Waals surface area contributed by atoms with Gasteiger partial charge in [-0.2, -0.15) is 0 Å². The highest BCUT2D eigenvalue weighted by atomic mass is 16.5. The molecule has 1 amide bonds. The third-order valence-electron chi connectivity index (χ3n) is 3.61. The number of aromatic nitrogens is 2. The van der Waals surface area contributed by atoms with E-state index in [1.165, 1.54) is 12.3 Å². The van der Waals surface area contributed by atoms with Crippen LogP contribution in [0.15, 0.2) is 30.5 Å². The lowest BCUT2D eigenvalue weighted by molar-refractivity contribution is 0.102. The van der Waals surface area contributed by atoms with Gasteiger partial charge in [-0.25, -0.2) is 9.97 Å². The topological polar surface area (TPSA) is 87.6 Å². The number of phenols is 1. The van der Waals surface area contributed by atoms with Crippen molar-refractivity contribution in [3.05, 3.63) is 41.7 Å². The van der Waals surface area contributed by atoms with Crippen molar-refractivity contribution in [3.63, 3.8) is 0 Å². The van der Waals surface area contributed by atoms with Crippen LogP contribution in [-0.4, -0.2) is 47.3 Å². The molecular weight excluding hydrogens is 296 g/mol. The van der Waals surface area contributed by atoms with Crippen LogP contribution in [0.3, 0.4) is 0 Å². The van der Waals surface area contributed by atoms with Gasteiger partial charge in [0.05, 0.1) is 24.5 Å². The maximum atomic E-state index is 12.3. The van der Waals surface area contributed by atoms with E-state index in [0.717, 1.165) is 13.1 Å². The number of anilines is 2. The number of benzene rings is 1. The lowest BCUT2D eigenvalue weighted by Gasteiger charge is -2.27. The zero-order chi connectivity index (χ0) is 16.2. The minimum absolute atomic E-state index is 0.0958. The normalized spacial score (nSPS) is 14.6. The van der Waals surface area contributed by atoms with E-state index >= 15 is 0 Å². The van der Waals surface area contributed by atoms with Gasteiger partial charge in [0.1, 0.15) is 5.75 Å². The molecule has 1 saturated heterocycles. The van der Waals surface area contributed by atoms with Crippen molar-refractivity contribution in [1.29, 1.82) is 0 Å². The molecule has 3 rings (SSSR count). The van der Waals surface area contributed by atoms with Gasteiger partial charge in [-0.15, -0.1) is 0 Å². The van der Waals surface area contributed by atoms with E-state index in [2.05, 4.69) is 15.3 Å². The van der Waals surface area contributed by atoms with Crippen molar-refractivity contribution in [2.24, 2.45) is 0 Å². The highest BCUT2D eigenvalue weighted by Gasteiger charge is 2.17. The Hall–Kier alpha value is -2.67. The van der Waals surface area contributed by atoms with E-state index in [-0.39, 0.29) is 11.7 Å². The van der Waals surface area contributed by atoms with E-state index in [1.807, 2.05) is 4.90 Å².